The van der Waals surface area contributed by atoms with Gasteiger partial charge in [-0.2, -0.15) is 5.10 Å². The minimum Gasteiger partial charge on any atom is -0.336 e. The number of hydrogen-bond acceptors (Lipinski definition) is 5. The van der Waals surface area contributed by atoms with Crippen molar-refractivity contribution in [2.75, 3.05) is 19.6 Å². The summed E-state index contributed by atoms with van der Waals surface area (Å²) in [6.45, 7) is 7.59. The molecule has 0 bridgehead atoms. The third-order valence-corrected chi connectivity index (χ3v) is 6.07. The summed E-state index contributed by atoms with van der Waals surface area (Å²) in [5, 5.41) is 5.65. The van der Waals surface area contributed by atoms with Gasteiger partial charge in [0.05, 0.1) is 0 Å². The molecular formula is C19H29N5O4. The molecule has 2 aliphatic rings. The average molecular weight is 391 g/mol. The number of nitrogens with one attached hydrogen (secondary N) is 2. The highest BCUT2D eigenvalue weighted by Crippen LogP contribution is 2.39. The number of aromatic nitrogens is 3. The van der Waals surface area contributed by atoms with Crippen LogP contribution in [-0.2, 0) is 4.79 Å². The summed E-state index contributed by atoms with van der Waals surface area (Å²) in [6, 6.07) is -0.132. The van der Waals surface area contributed by atoms with Crippen LogP contribution in [0.1, 0.15) is 63.4 Å². The fourth-order valence-electron chi connectivity index (χ4n) is 4.18. The lowest BCUT2D eigenvalue weighted by atomic mass is 9.72. The Morgan fingerprint density at radius 2 is 1.86 bits per heavy atom. The second kappa shape index (κ2) is 7.89. The Kier molecular flexibility index (Phi) is 5.71. The van der Waals surface area contributed by atoms with Crippen LogP contribution in [0.15, 0.2) is 9.59 Å². The minimum absolute atomic E-state index is 0.132. The van der Waals surface area contributed by atoms with Crippen molar-refractivity contribution in [3.8, 4) is 0 Å². The zero-order chi connectivity index (χ0) is 20.5. The van der Waals surface area contributed by atoms with Gasteiger partial charge in [-0.05, 0) is 43.9 Å². The Morgan fingerprint density at radius 3 is 2.46 bits per heavy atom. The van der Waals surface area contributed by atoms with E-state index in [1.807, 2.05) is 16.8 Å². The molecule has 2 amide bonds. The second-order valence-electron chi connectivity index (χ2n) is 8.85. The van der Waals surface area contributed by atoms with Gasteiger partial charge in [-0.25, -0.2) is 9.89 Å². The zero-order valence-corrected chi connectivity index (χ0v) is 16.8. The molecule has 1 atom stereocenters. The second-order valence-corrected chi connectivity index (χ2v) is 8.85. The molecule has 1 aromatic heterocycles. The first-order valence-corrected chi connectivity index (χ1v) is 9.94. The molecule has 28 heavy (non-hydrogen) atoms. The molecule has 0 spiro atoms. The minimum atomic E-state index is -0.805. The van der Waals surface area contributed by atoms with Crippen LogP contribution < -0.4 is 11.2 Å². The largest absolute Gasteiger partial charge is 0.342 e. The number of nitrogens with zero attached hydrogens (tertiary/aromatic N) is 3. The summed E-state index contributed by atoms with van der Waals surface area (Å²) in [4.78, 5) is 53.6. The van der Waals surface area contributed by atoms with Crippen LogP contribution in [0.4, 0.5) is 0 Å². The van der Waals surface area contributed by atoms with E-state index in [-0.39, 0.29) is 17.6 Å². The molecule has 0 aromatic carbocycles. The van der Waals surface area contributed by atoms with Crippen molar-refractivity contribution in [3.63, 3.8) is 0 Å². The van der Waals surface area contributed by atoms with Gasteiger partial charge in [-0.3, -0.25) is 19.4 Å². The fraction of sp³-hybridized carbons (Fsp3) is 0.737. The number of piperazine rings is 1. The van der Waals surface area contributed by atoms with Crippen LogP contribution in [-0.4, -0.2) is 62.5 Å². The van der Waals surface area contributed by atoms with Gasteiger partial charge in [0.2, 0.25) is 11.6 Å². The first kappa shape index (κ1) is 20.3. The first-order chi connectivity index (χ1) is 13.2. The van der Waals surface area contributed by atoms with Crippen molar-refractivity contribution in [1.29, 1.82) is 0 Å². The fourth-order valence-corrected chi connectivity index (χ4v) is 4.18. The van der Waals surface area contributed by atoms with Crippen LogP contribution in [0.3, 0.4) is 0 Å². The van der Waals surface area contributed by atoms with Crippen molar-refractivity contribution in [3.05, 3.63) is 26.5 Å². The standard InChI is InChI=1S/C19H29N5O4/c1-12-11-23(17(27)15-16(26)20-18(28)22-21-15)8-9-24(12)14(25)10-13-4-6-19(2,3)7-5-13/h12-13H,4-11H2,1-3H3,(H2,20,22,26,28). The Hall–Kier alpha value is -2.45. The van der Waals surface area contributed by atoms with Crippen LogP contribution in [0, 0.1) is 11.3 Å². The first-order valence-electron chi connectivity index (χ1n) is 9.94. The van der Waals surface area contributed by atoms with E-state index < -0.39 is 17.2 Å². The number of carbonyl (C=O) groups is 2. The van der Waals surface area contributed by atoms with Crippen molar-refractivity contribution < 1.29 is 9.59 Å². The van der Waals surface area contributed by atoms with Gasteiger partial charge in [0.25, 0.3) is 11.5 Å². The topological polar surface area (TPSA) is 119 Å². The molecule has 2 fully saturated rings. The maximum Gasteiger partial charge on any atom is 0.342 e. The van der Waals surface area contributed by atoms with E-state index in [0.717, 1.165) is 25.7 Å². The van der Waals surface area contributed by atoms with E-state index >= 15 is 0 Å². The normalized spacial score (nSPS) is 22.9. The van der Waals surface area contributed by atoms with Gasteiger partial charge in [-0.15, -0.1) is 0 Å². The molecule has 1 saturated carbocycles. The van der Waals surface area contributed by atoms with E-state index in [1.54, 1.807) is 0 Å². The van der Waals surface area contributed by atoms with E-state index in [1.165, 1.54) is 4.90 Å². The molecule has 1 unspecified atom stereocenters. The van der Waals surface area contributed by atoms with Crippen LogP contribution in [0.25, 0.3) is 0 Å². The monoisotopic (exact) mass is 391 g/mol. The Labute approximate surface area is 163 Å². The molecule has 0 radical (unpaired) electrons. The molecule has 9 nitrogen and oxygen atoms in total. The van der Waals surface area contributed by atoms with Crippen molar-refractivity contribution in [1.82, 2.24) is 25.0 Å². The molecule has 3 rings (SSSR count). The molecular weight excluding hydrogens is 362 g/mol. The average Bonchev–Trinajstić information content (AvgIpc) is 2.63. The Balaban J connectivity index is 1.57. The highest BCUT2D eigenvalue weighted by Gasteiger charge is 2.34. The summed E-state index contributed by atoms with van der Waals surface area (Å²) in [7, 11) is 0. The number of aromatic amines is 2. The number of H-pyrrole nitrogens is 2. The maximum atomic E-state index is 12.8. The molecule has 1 aromatic rings. The molecule has 2 heterocycles. The van der Waals surface area contributed by atoms with Gasteiger partial charge in [0.1, 0.15) is 0 Å². The van der Waals surface area contributed by atoms with E-state index in [9.17, 15) is 19.2 Å². The zero-order valence-electron chi connectivity index (χ0n) is 16.8. The summed E-state index contributed by atoms with van der Waals surface area (Å²) < 4.78 is 0. The molecule has 2 N–H and O–H groups in total. The summed E-state index contributed by atoms with van der Waals surface area (Å²) in [6.07, 6.45) is 5.06. The van der Waals surface area contributed by atoms with Gasteiger partial charge >= 0.3 is 5.69 Å². The SMILES string of the molecule is CC1CN(C(=O)c2n[nH]c(=O)[nH]c2=O)CCN1C(=O)CC1CCC(C)(C)CC1. The quantitative estimate of drug-likeness (QED) is 0.787. The Morgan fingerprint density at radius 1 is 1.18 bits per heavy atom. The van der Waals surface area contributed by atoms with Crippen molar-refractivity contribution in [2.24, 2.45) is 11.3 Å². The summed E-state index contributed by atoms with van der Waals surface area (Å²) in [5.74, 6) is 0.0477. The summed E-state index contributed by atoms with van der Waals surface area (Å²) in [5.41, 5.74) is -1.51. The Bertz CT molecular complexity index is 848. The van der Waals surface area contributed by atoms with Crippen LogP contribution >= 0.6 is 0 Å². The number of hydrogen-bond donors (Lipinski definition) is 2. The van der Waals surface area contributed by atoms with Crippen molar-refractivity contribution >= 4 is 11.8 Å². The predicted molar refractivity (Wildman–Crippen MR) is 103 cm³/mol. The lowest BCUT2D eigenvalue weighted by Crippen LogP contribution is -2.56. The number of carbonyl (C=O) groups excluding carboxylic acids is 2. The third-order valence-electron chi connectivity index (χ3n) is 6.07. The molecule has 154 valence electrons. The lowest BCUT2D eigenvalue weighted by molar-refractivity contribution is -0.136. The predicted octanol–water partition coefficient (Wildman–Crippen LogP) is 0.738. The molecule has 9 heteroatoms. The van der Waals surface area contributed by atoms with Gasteiger partial charge in [0.15, 0.2) is 0 Å². The molecule has 1 aliphatic heterocycles. The number of rotatable bonds is 3. The van der Waals surface area contributed by atoms with E-state index in [4.69, 9.17) is 0 Å². The molecule has 1 saturated heterocycles. The highest BCUT2D eigenvalue weighted by molar-refractivity contribution is 5.92. The maximum absolute atomic E-state index is 12.8. The summed E-state index contributed by atoms with van der Waals surface area (Å²) >= 11 is 0. The highest BCUT2D eigenvalue weighted by atomic mass is 16.2. The van der Waals surface area contributed by atoms with Gasteiger partial charge in [0, 0.05) is 32.1 Å². The van der Waals surface area contributed by atoms with E-state index in [2.05, 4.69) is 24.0 Å². The smallest absolute Gasteiger partial charge is 0.336 e. The van der Waals surface area contributed by atoms with Crippen LogP contribution in [0.2, 0.25) is 0 Å². The van der Waals surface area contributed by atoms with E-state index in [0.29, 0.717) is 37.4 Å². The van der Waals surface area contributed by atoms with Crippen molar-refractivity contribution in [2.45, 2.75) is 58.9 Å². The number of amides is 2. The lowest BCUT2D eigenvalue weighted by Gasteiger charge is -2.41. The van der Waals surface area contributed by atoms with Gasteiger partial charge < -0.3 is 9.80 Å². The molecule has 1 aliphatic carbocycles. The van der Waals surface area contributed by atoms with Gasteiger partial charge in [-0.1, -0.05) is 13.8 Å². The third kappa shape index (κ3) is 4.51. The van der Waals surface area contributed by atoms with Crippen LogP contribution in [0.5, 0.6) is 0 Å².